The molecule has 3 rings (SSSR count). The highest BCUT2D eigenvalue weighted by atomic mass is 16.5. The maximum atomic E-state index is 9.87. The fourth-order valence-electron chi connectivity index (χ4n) is 3.16. The highest BCUT2D eigenvalue weighted by Crippen LogP contribution is 2.40. The predicted octanol–water partition coefficient (Wildman–Crippen LogP) is 1.57. The first-order valence-electron chi connectivity index (χ1n) is 7.61. The van der Waals surface area contributed by atoms with Crippen molar-refractivity contribution in [3.8, 4) is 11.5 Å². The smallest absolute Gasteiger partial charge is 0.488 e. The monoisotopic (exact) mass is 290 g/mol. The number of fused-ring (bicyclic) bond motifs is 2. The van der Waals surface area contributed by atoms with Gasteiger partial charge in [0.15, 0.2) is 0 Å². The van der Waals surface area contributed by atoms with Crippen LogP contribution >= 0.6 is 0 Å². The van der Waals surface area contributed by atoms with E-state index in [1.54, 1.807) is 0 Å². The molecule has 21 heavy (non-hydrogen) atoms. The third-order valence-electron chi connectivity index (χ3n) is 4.43. The van der Waals surface area contributed by atoms with Gasteiger partial charge in [0.05, 0.1) is 5.46 Å². The topological polar surface area (TPSA) is 58.9 Å². The molecule has 0 aliphatic carbocycles. The molecule has 114 valence electrons. The molecule has 0 saturated heterocycles. The molecule has 0 radical (unpaired) electrons. The van der Waals surface area contributed by atoms with Gasteiger partial charge in [0.1, 0.15) is 22.7 Å². The summed E-state index contributed by atoms with van der Waals surface area (Å²) in [7, 11) is -1.59. The van der Waals surface area contributed by atoms with Gasteiger partial charge >= 0.3 is 7.12 Å². The summed E-state index contributed by atoms with van der Waals surface area (Å²) < 4.78 is 12.1. The van der Waals surface area contributed by atoms with E-state index in [0.29, 0.717) is 17.0 Å². The van der Waals surface area contributed by atoms with Gasteiger partial charge in [-0.05, 0) is 70.6 Å². The lowest BCUT2D eigenvalue weighted by Gasteiger charge is -2.38. The van der Waals surface area contributed by atoms with Gasteiger partial charge in [-0.3, -0.25) is 0 Å². The third kappa shape index (κ3) is 2.65. The number of hydrogen-bond acceptors (Lipinski definition) is 4. The summed E-state index contributed by atoms with van der Waals surface area (Å²) in [5.41, 5.74) is 1.91. The van der Waals surface area contributed by atoms with E-state index in [0.717, 1.165) is 36.8 Å². The van der Waals surface area contributed by atoms with Crippen LogP contribution in [0.25, 0.3) is 0 Å². The molecule has 0 saturated carbocycles. The van der Waals surface area contributed by atoms with Crippen molar-refractivity contribution in [2.75, 3.05) is 0 Å². The van der Waals surface area contributed by atoms with Crippen LogP contribution in [0.1, 0.15) is 51.7 Å². The number of aryl methyl sites for hydroxylation is 2. The average Bonchev–Trinajstić information content (AvgIpc) is 2.34. The molecule has 1 aromatic carbocycles. The summed E-state index contributed by atoms with van der Waals surface area (Å²) in [6.45, 7) is 8.09. The second-order valence-electron chi connectivity index (χ2n) is 7.36. The zero-order valence-electron chi connectivity index (χ0n) is 13.2. The average molecular weight is 290 g/mol. The van der Waals surface area contributed by atoms with Gasteiger partial charge in [-0.25, -0.2) is 0 Å². The summed E-state index contributed by atoms with van der Waals surface area (Å²) in [4.78, 5) is 0. The van der Waals surface area contributed by atoms with E-state index in [-0.39, 0.29) is 11.2 Å². The number of hydrogen-bond donors (Lipinski definition) is 2. The van der Waals surface area contributed by atoms with Crippen molar-refractivity contribution in [3.05, 3.63) is 17.2 Å². The summed E-state index contributed by atoms with van der Waals surface area (Å²) in [5.74, 6) is 1.19. The van der Waals surface area contributed by atoms with Gasteiger partial charge in [0.25, 0.3) is 0 Å². The maximum Gasteiger partial charge on any atom is 0.496 e. The van der Waals surface area contributed by atoms with E-state index in [4.69, 9.17) is 9.47 Å². The Bertz CT molecular complexity index is 534. The van der Waals surface area contributed by atoms with Gasteiger partial charge in [-0.1, -0.05) is 0 Å². The van der Waals surface area contributed by atoms with Crippen LogP contribution in [0.2, 0.25) is 0 Å². The Kier molecular flexibility index (Phi) is 3.26. The van der Waals surface area contributed by atoms with Crippen molar-refractivity contribution < 1.29 is 19.5 Å². The lowest BCUT2D eigenvalue weighted by atomic mass is 9.73. The molecule has 0 unspecified atom stereocenters. The molecule has 2 N–H and O–H groups in total. The van der Waals surface area contributed by atoms with Crippen LogP contribution in [0, 0.1) is 0 Å². The standard InChI is InChI=1S/C16H23BO4/c1-15(2)7-5-10-9-11-6-8-16(3,4)21-14(11)12(17(18)19)13(10)20-15/h9,18-19H,5-8H2,1-4H3. The quantitative estimate of drug-likeness (QED) is 0.771. The fraction of sp³-hybridized carbons (Fsp3) is 0.625. The molecule has 0 aromatic heterocycles. The van der Waals surface area contributed by atoms with Gasteiger partial charge in [-0.2, -0.15) is 0 Å². The van der Waals surface area contributed by atoms with Crippen LogP contribution < -0.4 is 14.9 Å². The Morgan fingerprint density at radius 2 is 1.33 bits per heavy atom. The Hall–Kier alpha value is -1.20. The molecule has 2 aliphatic rings. The van der Waals surface area contributed by atoms with Crippen molar-refractivity contribution in [1.82, 2.24) is 0 Å². The Morgan fingerprint density at radius 1 is 0.905 bits per heavy atom. The minimum atomic E-state index is -1.59. The number of rotatable bonds is 1. The highest BCUT2D eigenvalue weighted by molar-refractivity contribution is 6.61. The molecular weight excluding hydrogens is 267 g/mol. The van der Waals surface area contributed by atoms with E-state index in [2.05, 4.69) is 6.07 Å². The number of benzene rings is 1. The molecule has 2 aliphatic heterocycles. The first kappa shape index (κ1) is 14.7. The van der Waals surface area contributed by atoms with E-state index in [1.807, 2.05) is 27.7 Å². The van der Waals surface area contributed by atoms with Crippen molar-refractivity contribution in [2.45, 2.75) is 64.6 Å². The van der Waals surface area contributed by atoms with Crippen LogP contribution in [0.5, 0.6) is 11.5 Å². The van der Waals surface area contributed by atoms with E-state index < -0.39 is 7.12 Å². The normalized spacial score (nSPS) is 21.6. The van der Waals surface area contributed by atoms with Gasteiger partial charge in [0.2, 0.25) is 0 Å². The summed E-state index contributed by atoms with van der Waals surface area (Å²) >= 11 is 0. The van der Waals surface area contributed by atoms with Crippen molar-refractivity contribution in [1.29, 1.82) is 0 Å². The molecule has 1 aromatic rings. The van der Waals surface area contributed by atoms with Gasteiger partial charge in [0, 0.05) is 0 Å². The fourth-order valence-corrected chi connectivity index (χ4v) is 3.16. The van der Waals surface area contributed by atoms with Crippen LogP contribution in [-0.4, -0.2) is 28.4 Å². The van der Waals surface area contributed by atoms with E-state index >= 15 is 0 Å². The molecule has 0 bridgehead atoms. The largest absolute Gasteiger partial charge is 0.496 e. The highest BCUT2D eigenvalue weighted by Gasteiger charge is 2.38. The minimum Gasteiger partial charge on any atom is -0.488 e. The molecule has 0 fully saturated rings. The maximum absolute atomic E-state index is 9.87. The zero-order chi connectivity index (χ0) is 15.4. The molecule has 4 nitrogen and oxygen atoms in total. The predicted molar refractivity (Wildman–Crippen MR) is 82.3 cm³/mol. The molecule has 0 atom stereocenters. The summed E-state index contributed by atoms with van der Waals surface area (Å²) in [6.07, 6.45) is 3.62. The van der Waals surface area contributed by atoms with Gasteiger partial charge in [-0.15, -0.1) is 0 Å². The Balaban J connectivity index is 2.17. The second-order valence-corrected chi connectivity index (χ2v) is 7.36. The second kappa shape index (κ2) is 4.65. The number of ether oxygens (including phenoxy) is 2. The molecular formula is C16H23BO4. The van der Waals surface area contributed by atoms with Crippen LogP contribution in [-0.2, 0) is 12.8 Å². The summed E-state index contributed by atoms with van der Waals surface area (Å²) in [5, 5.41) is 19.7. The lowest BCUT2D eigenvalue weighted by molar-refractivity contribution is 0.0758. The third-order valence-corrected chi connectivity index (χ3v) is 4.43. The van der Waals surface area contributed by atoms with Crippen LogP contribution in [0.4, 0.5) is 0 Å². The van der Waals surface area contributed by atoms with Crippen LogP contribution in [0.3, 0.4) is 0 Å². The Morgan fingerprint density at radius 3 is 1.71 bits per heavy atom. The first-order chi connectivity index (χ1) is 9.69. The lowest BCUT2D eigenvalue weighted by Crippen LogP contribution is -2.44. The molecule has 0 amide bonds. The van der Waals surface area contributed by atoms with Crippen molar-refractivity contribution in [2.24, 2.45) is 0 Å². The first-order valence-corrected chi connectivity index (χ1v) is 7.61. The summed E-state index contributed by atoms with van der Waals surface area (Å²) in [6, 6.07) is 2.11. The Labute approximate surface area is 126 Å². The van der Waals surface area contributed by atoms with Crippen LogP contribution in [0.15, 0.2) is 6.07 Å². The molecule has 0 spiro atoms. The van der Waals surface area contributed by atoms with Gasteiger partial charge < -0.3 is 19.5 Å². The minimum absolute atomic E-state index is 0.297. The molecule has 2 heterocycles. The molecule has 5 heteroatoms. The van der Waals surface area contributed by atoms with Crippen molar-refractivity contribution in [3.63, 3.8) is 0 Å². The zero-order valence-corrected chi connectivity index (χ0v) is 13.2. The van der Waals surface area contributed by atoms with E-state index in [1.165, 1.54) is 0 Å². The van der Waals surface area contributed by atoms with E-state index in [9.17, 15) is 10.0 Å². The SMILES string of the molecule is CC1(C)CCc2cc3c(c(B(O)O)c2O1)OC(C)(C)CC3. The van der Waals surface area contributed by atoms with Crippen molar-refractivity contribution >= 4 is 12.6 Å².